The zero-order valence-electron chi connectivity index (χ0n) is 9.69. The molecule has 1 aromatic heterocycles. The first kappa shape index (κ1) is 12.9. The number of nitrogens with two attached hydrogens (primary N) is 1. The zero-order valence-corrected chi connectivity index (χ0v) is 9.69. The summed E-state index contributed by atoms with van der Waals surface area (Å²) >= 11 is 0. The van der Waals surface area contributed by atoms with Crippen LogP contribution in [0.25, 0.3) is 0 Å². The molecule has 0 amide bonds. The molecule has 0 aromatic carbocycles. The van der Waals surface area contributed by atoms with E-state index in [0.717, 1.165) is 0 Å². The van der Waals surface area contributed by atoms with Crippen LogP contribution < -0.4 is 5.73 Å². The van der Waals surface area contributed by atoms with Gasteiger partial charge in [-0.15, -0.1) is 5.10 Å². The molecule has 18 heavy (non-hydrogen) atoms. The Balaban J connectivity index is 2.29. The predicted molar refractivity (Wildman–Crippen MR) is 58.8 cm³/mol. The van der Waals surface area contributed by atoms with Crippen LogP contribution in [-0.4, -0.2) is 60.8 Å². The maximum Gasteiger partial charge on any atom is 0.216 e. The zero-order chi connectivity index (χ0) is 13.4. The summed E-state index contributed by atoms with van der Waals surface area (Å²) < 4.78 is 6.53. The largest absolute Gasteiger partial charge is 0.394 e. The van der Waals surface area contributed by atoms with Gasteiger partial charge in [0.25, 0.3) is 0 Å². The highest BCUT2D eigenvalue weighted by Crippen LogP contribution is 2.29. The van der Waals surface area contributed by atoms with Crippen molar-refractivity contribution in [3.63, 3.8) is 0 Å². The standard InChI is InChI=1S/C9H15N5O4/c1-3-12-8(7(10)11)13-14(3)9-6(17)5(16)4(2-15)18-9/h4-6,9,15-17H,2H2,1H3,(H3,10,11). The Bertz CT molecular complexity index is 462. The fraction of sp³-hybridized carbons (Fsp3) is 0.667. The van der Waals surface area contributed by atoms with E-state index in [1.807, 2.05) is 0 Å². The number of hydrogen-bond donors (Lipinski definition) is 5. The van der Waals surface area contributed by atoms with Crippen molar-refractivity contribution < 1.29 is 20.1 Å². The minimum absolute atomic E-state index is 0.0187. The van der Waals surface area contributed by atoms with Crippen LogP contribution in [0.4, 0.5) is 0 Å². The van der Waals surface area contributed by atoms with Crippen LogP contribution in [0.2, 0.25) is 0 Å². The topological polar surface area (TPSA) is 150 Å². The Morgan fingerprint density at radius 3 is 2.61 bits per heavy atom. The van der Waals surface area contributed by atoms with Gasteiger partial charge in [-0.05, 0) is 6.92 Å². The number of nitrogens with zero attached hydrogens (tertiary/aromatic N) is 3. The van der Waals surface area contributed by atoms with Gasteiger partial charge in [-0.2, -0.15) is 0 Å². The molecule has 0 spiro atoms. The van der Waals surface area contributed by atoms with E-state index >= 15 is 0 Å². The van der Waals surface area contributed by atoms with Crippen LogP contribution in [0.3, 0.4) is 0 Å². The molecule has 1 aliphatic rings. The molecular weight excluding hydrogens is 242 g/mol. The third-order valence-corrected chi connectivity index (χ3v) is 2.80. The average molecular weight is 257 g/mol. The molecule has 0 radical (unpaired) electrons. The summed E-state index contributed by atoms with van der Waals surface area (Å²) in [6, 6.07) is 0. The molecule has 9 nitrogen and oxygen atoms in total. The van der Waals surface area contributed by atoms with E-state index in [1.54, 1.807) is 6.92 Å². The lowest BCUT2D eigenvalue weighted by Crippen LogP contribution is -2.33. The van der Waals surface area contributed by atoms with Crippen LogP contribution in [0.1, 0.15) is 17.9 Å². The van der Waals surface area contributed by atoms with E-state index in [2.05, 4.69) is 10.1 Å². The molecule has 1 fully saturated rings. The van der Waals surface area contributed by atoms with E-state index in [0.29, 0.717) is 5.82 Å². The van der Waals surface area contributed by atoms with Gasteiger partial charge >= 0.3 is 0 Å². The highest BCUT2D eigenvalue weighted by Gasteiger charge is 2.44. The van der Waals surface area contributed by atoms with Crippen LogP contribution >= 0.6 is 0 Å². The van der Waals surface area contributed by atoms with E-state index in [4.69, 9.17) is 21.0 Å². The van der Waals surface area contributed by atoms with Gasteiger partial charge in [0.2, 0.25) is 5.82 Å². The van der Waals surface area contributed by atoms with Crippen LogP contribution in [0.15, 0.2) is 0 Å². The lowest BCUT2D eigenvalue weighted by atomic mass is 10.1. The Morgan fingerprint density at radius 2 is 2.17 bits per heavy atom. The lowest BCUT2D eigenvalue weighted by Gasteiger charge is -2.15. The number of ether oxygens (including phenoxy) is 1. The third-order valence-electron chi connectivity index (χ3n) is 2.80. The fourth-order valence-electron chi connectivity index (χ4n) is 1.84. The Hall–Kier alpha value is -1.55. The minimum Gasteiger partial charge on any atom is -0.394 e. The fourth-order valence-corrected chi connectivity index (χ4v) is 1.84. The van der Waals surface area contributed by atoms with E-state index in [1.165, 1.54) is 4.68 Å². The number of nitrogens with one attached hydrogen (secondary N) is 1. The van der Waals surface area contributed by atoms with Gasteiger partial charge in [0.15, 0.2) is 12.1 Å². The van der Waals surface area contributed by atoms with Crippen molar-refractivity contribution in [1.29, 1.82) is 5.41 Å². The number of amidine groups is 1. The first-order valence-electron chi connectivity index (χ1n) is 5.35. The van der Waals surface area contributed by atoms with Crippen molar-refractivity contribution in [1.82, 2.24) is 14.8 Å². The number of aryl methyl sites for hydroxylation is 1. The number of aromatic nitrogens is 3. The molecule has 4 unspecified atom stereocenters. The SMILES string of the molecule is Cc1nc(C(=N)N)nn1C1OC(CO)C(O)C1O. The van der Waals surface area contributed by atoms with Crippen molar-refractivity contribution in [3.8, 4) is 0 Å². The quantitative estimate of drug-likeness (QED) is 0.296. The van der Waals surface area contributed by atoms with E-state index in [9.17, 15) is 10.2 Å². The van der Waals surface area contributed by atoms with E-state index in [-0.39, 0.29) is 11.7 Å². The molecule has 2 heterocycles. The van der Waals surface area contributed by atoms with Gasteiger partial charge in [0.1, 0.15) is 24.1 Å². The van der Waals surface area contributed by atoms with Gasteiger partial charge < -0.3 is 25.8 Å². The van der Waals surface area contributed by atoms with Crippen molar-refractivity contribution in [2.24, 2.45) is 5.73 Å². The number of rotatable bonds is 3. The first-order chi connectivity index (χ1) is 8.45. The molecule has 4 atom stereocenters. The Kier molecular flexibility index (Phi) is 3.30. The molecule has 1 aliphatic heterocycles. The molecule has 1 aromatic rings. The normalized spacial score (nSPS) is 31.8. The van der Waals surface area contributed by atoms with E-state index < -0.39 is 31.1 Å². The molecule has 100 valence electrons. The second-order valence-corrected chi connectivity index (χ2v) is 4.07. The van der Waals surface area contributed by atoms with Gasteiger partial charge in [-0.3, -0.25) is 5.41 Å². The van der Waals surface area contributed by atoms with Gasteiger partial charge in [0.05, 0.1) is 6.61 Å². The molecule has 6 N–H and O–H groups in total. The highest BCUT2D eigenvalue weighted by atomic mass is 16.6. The number of nitrogen functional groups attached to an aromatic ring is 1. The third kappa shape index (κ3) is 1.97. The Labute approximate surface area is 102 Å². The van der Waals surface area contributed by atoms with Gasteiger partial charge in [0, 0.05) is 0 Å². The molecule has 2 rings (SSSR count). The molecule has 0 aliphatic carbocycles. The summed E-state index contributed by atoms with van der Waals surface area (Å²) in [6.07, 6.45) is -4.28. The van der Waals surface area contributed by atoms with Crippen LogP contribution in [-0.2, 0) is 4.74 Å². The minimum atomic E-state index is -1.23. The summed E-state index contributed by atoms with van der Waals surface area (Å²) in [5, 5.41) is 39.6. The average Bonchev–Trinajstić information content (AvgIpc) is 2.83. The second kappa shape index (κ2) is 4.61. The number of aliphatic hydroxyl groups is 3. The maximum absolute atomic E-state index is 9.83. The Morgan fingerprint density at radius 1 is 1.50 bits per heavy atom. The molecule has 1 saturated heterocycles. The molecular formula is C9H15N5O4. The number of aliphatic hydroxyl groups excluding tert-OH is 3. The summed E-state index contributed by atoms with van der Waals surface area (Å²) in [5.74, 6) is 0.101. The first-order valence-corrected chi connectivity index (χ1v) is 5.35. The van der Waals surface area contributed by atoms with Gasteiger partial charge in [-0.1, -0.05) is 0 Å². The summed E-state index contributed by atoms with van der Waals surface area (Å²) in [6.45, 7) is 1.19. The lowest BCUT2D eigenvalue weighted by molar-refractivity contribution is -0.0597. The van der Waals surface area contributed by atoms with Crippen molar-refractivity contribution in [2.75, 3.05) is 6.61 Å². The summed E-state index contributed by atoms with van der Waals surface area (Å²) in [7, 11) is 0. The monoisotopic (exact) mass is 257 g/mol. The smallest absolute Gasteiger partial charge is 0.216 e. The molecule has 0 saturated carbocycles. The highest BCUT2D eigenvalue weighted by molar-refractivity contribution is 5.91. The maximum atomic E-state index is 9.83. The number of hydrogen-bond acceptors (Lipinski definition) is 7. The summed E-state index contributed by atoms with van der Waals surface area (Å²) in [5.41, 5.74) is 5.26. The van der Waals surface area contributed by atoms with Crippen molar-refractivity contribution >= 4 is 5.84 Å². The van der Waals surface area contributed by atoms with Crippen LogP contribution in [0.5, 0.6) is 0 Å². The molecule has 9 heteroatoms. The summed E-state index contributed by atoms with van der Waals surface area (Å²) in [4.78, 5) is 3.93. The predicted octanol–water partition coefficient (Wildman–Crippen LogP) is -2.52. The van der Waals surface area contributed by atoms with Crippen molar-refractivity contribution in [2.45, 2.75) is 31.5 Å². The second-order valence-electron chi connectivity index (χ2n) is 4.07. The molecule has 0 bridgehead atoms. The van der Waals surface area contributed by atoms with Crippen LogP contribution in [0, 0.1) is 12.3 Å². The van der Waals surface area contributed by atoms with Crippen molar-refractivity contribution in [3.05, 3.63) is 11.6 Å². The van der Waals surface area contributed by atoms with Gasteiger partial charge in [-0.25, -0.2) is 9.67 Å².